The van der Waals surface area contributed by atoms with Crippen LogP contribution in [-0.4, -0.2) is 13.1 Å². The summed E-state index contributed by atoms with van der Waals surface area (Å²) < 4.78 is 0. The maximum atomic E-state index is 5.74. The molecule has 0 saturated carbocycles. The highest BCUT2D eigenvalue weighted by molar-refractivity contribution is 5.47. The van der Waals surface area contributed by atoms with E-state index in [-0.39, 0.29) is 0 Å². The number of rotatable bonds is 3. The number of hydrogen-bond donors (Lipinski definition) is 3. The Morgan fingerprint density at radius 2 is 2.29 bits per heavy atom. The number of hydrogen-bond acceptors (Lipinski definition) is 3. The summed E-state index contributed by atoms with van der Waals surface area (Å²) in [6, 6.07) is 6.67. The SMILES string of the molecule is NCCNC1CCc2cc(N)ccc21. The Morgan fingerprint density at radius 1 is 1.43 bits per heavy atom. The standard InChI is InChI=1S/C11H17N3/c12-5-6-14-11-4-1-8-7-9(13)2-3-10(8)11/h2-3,7,11,14H,1,4-6,12-13H2. The third-order valence-electron chi connectivity index (χ3n) is 2.78. The first-order valence-corrected chi connectivity index (χ1v) is 5.13. The van der Waals surface area contributed by atoms with Gasteiger partial charge in [-0.2, -0.15) is 0 Å². The van der Waals surface area contributed by atoms with Crippen molar-refractivity contribution in [2.24, 2.45) is 5.73 Å². The molecule has 0 saturated heterocycles. The maximum Gasteiger partial charge on any atom is 0.0326 e. The minimum atomic E-state index is 0.481. The van der Waals surface area contributed by atoms with Gasteiger partial charge in [-0.05, 0) is 36.1 Å². The lowest BCUT2D eigenvalue weighted by Gasteiger charge is -2.13. The molecule has 3 heteroatoms. The van der Waals surface area contributed by atoms with Gasteiger partial charge in [-0.15, -0.1) is 0 Å². The van der Waals surface area contributed by atoms with Gasteiger partial charge in [-0.25, -0.2) is 0 Å². The van der Waals surface area contributed by atoms with Crippen LogP contribution in [0.5, 0.6) is 0 Å². The van der Waals surface area contributed by atoms with Crippen molar-refractivity contribution in [1.29, 1.82) is 0 Å². The van der Waals surface area contributed by atoms with Gasteiger partial charge in [0.15, 0.2) is 0 Å². The minimum absolute atomic E-state index is 0.481. The summed E-state index contributed by atoms with van der Waals surface area (Å²) in [5, 5.41) is 3.44. The van der Waals surface area contributed by atoms with Crippen LogP contribution in [0.25, 0.3) is 0 Å². The largest absolute Gasteiger partial charge is 0.399 e. The Hall–Kier alpha value is -1.06. The van der Waals surface area contributed by atoms with Gasteiger partial charge < -0.3 is 16.8 Å². The molecular weight excluding hydrogens is 174 g/mol. The fraction of sp³-hybridized carbons (Fsp3) is 0.455. The molecule has 0 amide bonds. The molecule has 14 heavy (non-hydrogen) atoms. The third kappa shape index (κ3) is 1.74. The van der Waals surface area contributed by atoms with Crippen LogP contribution in [0.15, 0.2) is 18.2 Å². The van der Waals surface area contributed by atoms with Crippen LogP contribution in [0, 0.1) is 0 Å². The number of anilines is 1. The molecule has 1 unspecified atom stereocenters. The Labute approximate surface area is 84.5 Å². The van der Waals surface area contributed by atoms with Crippen LogP contribution in [0.2, 0.25) is 0 Å². The zero-order chi connectivity index (χ0) is 9.97. The number of fused-ring (bicyclic) bond motifs is 1. The molecule has 1 atom stereocenters. The summed E-state index contributed by atoms with van der Waals surface area (Å²) in [6.45, 7) is 1.58. The minimum Gasteiger partial charge on any atom is -0.399 e. The highest BCUT2D eigenvalue weighted by atomic mass is 14.9. The fourth-order valence-electron chi connectivity index (χ4n) is 2.11. The fourth-order valence-corrected chi connectivity index (χ4v) is 2.11. The molecular formula is C11H17N3. The Balaban J connectivity index is 2.14. The van der Waals surface area contributed by atoms with Gasteiger partial charge >= 0.3 is 0 Å². The van der Waals surface area contributed by atoms with Crippen molar-refractivity contribution in [3.05, 3.63) is 29.3 Å². The molecule has 0 bridgehead atoms. The zero-order valence-electron chi connectivity index (χ0n) is 8.29. The normalized spacial score (nSPS) is 19.6. The highest BCUT2D eigenvalue weighted by Gasteiger charge is 2.21. The van der Waals surface area contributed by atoms with E-state index in [1.807, 2.05) is 6.07 Å². The smallest absolute Gasteiger partial charge is 0.0326 e. The lowest BCUT2D eigenvalue weighted by atomic mass is 10.1. The van der Waals surface area contributed by atoms with Gasteiger partial charge in [0.2, 0.25) is 0 Å². The average Bonchev–Trinajstić information content (AvgIpc) is 2.57. The molecule has 76 valence electrons. The number of nitrogens with one attached hydrogen (secondary N) is 1. The second kappa shape index (κ2) is 3.98. The first-order valence-electron chi connectivity index (χ1n) is 5.13. The van der Waals surface area contributed by atoms with Crippen molar-refractivity contribution in [2.45, 2.75) is 18.9 Å². The average molecular weight is 191 g/mol. The van der Waals surface area contributed by atoms with Gasteiger partial charge in [0.25, 0.3) is 0 Å². The maximum absolute atomic E-state index is 5.74. The van der Waals surface area contributed by atoms with E-state index in [1.165, 1.54) is 17.5 Å². The van der Waals surface area contributed by atoms with E-state index >= 15 is 0 Å². The molecule has 3 nitrogen and oxygen atoms in total. The van der Waals surface area contributed by atoms with Gasteiger partial charge in [0.05, 0.1) is 0 Å². The Morgan fingerprint density at radius 3 is 3.07 bits per heavy atom. The molecule has 1 aromatic carbocycles. The van der Waals surface area contributed by atoms with E-state index < -0.39 is 0 Å². The quantitative estimate of drug-likeness (QED) is 0.619. The number of nitrogen functional groups attached to an aromatic ring is 1. The number of aryl methyl sites for hydroxylation is 1. The van der Waals surface area contributed by atoms with Crippen LogP contribution in [0.4, 0.5) is 5.69 Å². The van der Waals surface area contributed by atoms with Crippen molar-refractivity contribution >= 4 is 5.69 Å². The molecule has 1 aromatic rings. The van der Waals surface area contributed by atoms with Gasteiger partial charge in [-0.3, -0.25) is 0 Å². The van der Waals surface area contributed by atoms with Crippen LogP contribution >= 0.6 is 0 Å². The second-order valence-electron chi connectivity index (χ2n) is 3.79. The second-order valence-corrected chi connectivity index (χ2v) is 3.79. The molecule has 0 aromatic heterocycles. The first-order chi connectivity index (χ1) is 6.81. The summed E-state index contributed by atoms with van der Waals surface area (Å²) in [5.41, 5.74) is 14.9. The molecule has 1 aliphatic carbocycles. The van der Waals surface area contributed by atoms with Crippen molar-refractivity contribution in [3.8, 4) is 0 Å². The first kappa shape index (κ1) is 9.49. The summed E-state index contributed by atoms with van der Waals surface area (Å²) in [6.07, 6.45) is 2.29. The van der Waals surface area contributed by atoms with E-state index in [1.54, 1.807) is 0 Å². The van der Waals surface area contributed by atoms with Gasteiger partial charge in [0.1, 0.15) is 0 Å². The van der Waals surface area contributed by atoms with E-state index in [0.29, 0.717) is 12.6 Å². The summed E-state index contributed by atoms with van der Waals surface area (Å²) in [4.78, 5) is 0. The molecule has 0 aliphatic heterocycles. The molecule has 5 N–H and O–H groups in total. The van der Waals surface area contributed by atoms with Crippen molar-refractivity contribution < 1.29 is 0 Å². The van der Waals surface area contributed by atoms with E-state index in [9.17, 15) is 0 Å². The molecule has 0 spiro atoms. The summed E-state index contributed by atoms with van der Waals surface area (Å²) in [7, 11) is 0. The van der Waals surface area contributed by atoms with E-state index in [2.05, 4.69) is 17.4 Å². The third-order valence-corrected chi connectivity index (χ3v) is 2.78. The molecule has 0 radical (unpaired) electrons. The Kier molecular flexibility index (Phi) is 2.70. The number of nitrogens with two attached hydrogens (primary N) is 2. The monoisotopic (exact) mass is 191 g/mol. The zero-order valence-corrected chi connectivity index (χ0v) is 8.29. The van der Waals surface area contributed by atoms with Crippen LogP contribution in [0.1, 0.15) is 23.6 Å². The highest BCUT2D eigenvalue weighted by Crippen LogP contribution is 2.31. The lowest BCUT2D eigenvalue weighted by molar-refractivity contribution is 0.538. The van der Waals surface area contributed by atoms with Gasteiger partial charge in [-0.1, -0.05) is 6.07 Å². The van der Waals surface area contributed by atoms with Crippen molar-refractivity contribution in [1.82, 2.24) is 5.32 Å². The van der Waals surface area contributed by atoms with Crippen LogP contribution in [-0.2, 0) is 6.42 Å². The summed E-state index contributed by atoms with van der Waals surface area (Å²) in [5.74, 6) is 0. The van der Waals surface area contributed by atoms with E-state index in [0.717, 1.165) is 18.7 Å². The van der Waals surface area contributed by atoms with Crippen molar-refractivity contribution in [2.75, 3.05) is 18.8 Å². The van der Waals surface area contributed by atoms with Gasteiger partial charge in [0, 0.05) is 24.8 Å². The molecule has 0 fully saturated rings. The summed E-state index contributed by atoms with van der Waals surface area (Å²) >= 11 is 0. The predicted molar refractivity (Wildman–Crippen MR) is 59.0 cm³/mol. The van der Waals surface area contributed by atoms with Crippen LogP contribution < -0.4 is 16.8 Å². The van der Waals surface area contributed by atoms with Crippen molar-refractivity contribution in [3.63, 3.8) is 0 Å². The molecule has 1 aliphatic rings. The molecule has 2 rings (SSSR count). The van der Waals surface area contributed by atoms with E-state index in [4.69, 9.17) is 11.5 Å². The topological polar surface area (TPSA) is 64.1 Å². The predicted octanol–water partition coefficient (Wildman–Crippen LogP) is 0.804. The van der Waals surface area contributed by atoms with Crippen LogP contribution in [0.3, 0.4) is 0 Å². The molecule has 0 heterocycles. The number of benzene rings is 1. The Bertz CT molecular complexity index is 322. The lowest BCUT2D eigenvalue weighted by Crippen LogP contribution is -2.25.